The second-order valence-corrected chi connectivity index (χ2v) is 7.59. The normalized spacial score (nSPS) is 20.1. The maximum absolute atomic E-state index is 5.64. The Morgan fingerprint density at radius 3 is 2.15 bits per heavy atom. The molecule has 3 rings (SSSR count). The third-order valence-electron chi connectivity index (χ3n) is 5.69. The van der Waals surface area contributed by atoms with Gasteiger partial charge < -0.3 is 4.74 Å². The first-order chi connectivity index (χ1) is 12.8. The van der Waals surface area contributed by atoms with Gasteiger partial charge in [-0.1, -0.05) is 58.1 Å². The van der Waals surface area contributed by atoms with Crippen molar-refractivity contribution in [3.8, 4) is 16.9 Å². The maximum Gasteiger partial charge on any atom is 0.128 e. The van der Waals surface area contributed by atoms with Crippen LogP contribution in [-0.4, -0.2) is 16.6 Å². The van der Waals surface area contributed by atoms with Crippen LogP contribution in [0.4, 0.5) is 0 Å². The Hall–Kier alpha value is -1.90. The first-order valence-electron chi connectivity index (χ1n) is 10.3. The average molecular weight is 353 g/mol. The first-order valence-corrected chi connectivity index (χ1v) is 10.3. The summed E-state index contributed by atoms with van der Waals surface area (Å²) in [5.41, 5.74) is 2.21. The summed E-state index contributed by atoms with van der Waals surface area (Å²) in [5.74, 6) is 3.75. The Morgan fingerprint density at radius 1 is 0.885 bits per heavy atom. The first kappa shape index (κ1) is 18.9. The Balaban J connectivity index is 1.50. The molecule has 1 aromatic heterocycles. The second-order valence-electron chi connectivity index (χ2n) is 7.59. The van der Waals surface area contributed by atoms with Gasteiger partial charge in [0, 0.05) is 24.4 Å². The van der Waals surface area contributed by atoms with E-state index < -0.39 is 0 Å². The van der Waals surface area contributed by atoms with E-state index in [0.717, 1.165) is 54.0 Å². The largest absolute Gasteiger partial charge is 0.494 e. The maximum atomic E-state index is 5.64. The van der Waals surface area contributed by atoms with Crippen LogP contribution in [0.2, 0.25) is 0 Å². The van der Waals surface area contributed by atoms with E-state index in [1.165, 1.54) is 38.5 Å². The van der Waals surface area contributed by atoms with E-state index in [4.69, 9.17) is 4.74 Å². The summed E-state index contributed by atoms with van der Waals surface area (Å²) in [5, 5.41) is 0. The molecule has 1 aliphatic rings. The minimum Gasteiger partial charge on any atom is -0.494 e. The molecule has 1 fully saturated rings. The fraction of sp³-hybridized carbons (Fsp3) is 0.565. The highest BCUT2D eigenvalue weighted by molar-refractivity contribution is 5.62. The number of aryl methyl sites for hydroxylation is 1. The third kappa shape index (κ3) is 5.30. The number of aromatic nitrogens is 2. The number of benzene rings is 1. The van der Waals surface area contributed by atoms with Gasteiger partial charge in [0.05, 0.1) is 6.61 Å². The van der Waals surface area contributed by atoms with Crippen LogP contribution in [0.3, 0.4) is 0 Å². The molecular weight excluding hydrogens is 320 g/mol. The lowest BCUT2D eigenvalue weighted by atomic mass is 9.79. The Kier molecular flexibility index (Phi) is 7.04. The molecule has 0 radical (unpaired) electrons. The molecule has 0 bridgehead atoms. The van der Waals surface area contributed by atoms with Gasteiger partial charge in [0.1, 0.15) is 11.6 Å². The second kappa shape index (κ2) is 9.70. The van der Waals surface area contributed by atoms with E-state index >= 15 is 0 Å². The minimum atomic E-state index is 0.761. The quantitative estimate of drug-likeness (QED) is 0.577. The lowest BCUT2D eigenvalue weighted by Crippen LogP contribution is -2.15. The van der Waals surface area contributed by atoms with Crippen LogP contribution < -0.4 is 4.74 Å². The van der Waals surface area contributed by atoms with Gasteiger partial charge in [0.15, 0.2) is 0 Å². The zero-order valence-corrected chi connectivity index (χ0v) is 16.3. The molecule has 1 saturated carbocycles. The Labute approximate surface area is 158 Å². The zero-order valence-electron chi connectivity index (χ0n) is 16.3. The smallest absolute Gasteiger partial charge is 0.128 e. The zero-order chi connectivity index (χ0) is 18.2. The SMILES string of the molecule is CCCOc1ccc(-c2cnc(CC[C@H]3CC[C@H](CC)CC3)nc2)cc1. The summed E-state index contributed by atoms with van der Waals surface area (Å²) in [6.07, 6.45) is 14.1. The summed E-state index contributed by atoms with van der Waals surface area (Å²) in [4.78, 5) is 9.20. The van der Waals surface area contributed by atoms with Gasteiger partial charge >= 0.3 is 0 Å². The van der Waals surface area contributed by atoms with Gasteiger partial charge in [-0.15, -0.1) is 0 Å². The van der Waals surface area contributed by atoms with Crippen LogP contribution in [-0.2, 0) is 6.42 Å². The van der Waals surface area contributed by atoms with Crippen molar-refractivity contribution in [1.29, 1.82) is 0 Å². The minimum absolute atomic E-state index is 0.761. The van der Waals surface area contributed by atoms with Crippen molar-refractivity contribution in [1.82, 2.24) is 9.97 Å². The molecule has 0 unspecified atom stereocenters. The third-order valence-corrected chi connectivity index (χ3v) is 5.69. The van der Waals surface area contributed by atoms with Crippen LogP contribution in [0.25, 0.3) is 11.1 Å². The summed E-state index contributed by atoms with van der Waals surface area (Å²) in [6, 6.07) is 8.20. The fourth-order valence-electron chi connectivity index (χ4n) is 3.86. The van der Waals surface area contributed by atoms with Crippen molar-refractivity contribution in [3.05, 3.63) is 42.5 Å². The number of hydrogen-bond acceptors (Lipinski definition) is 3. The summed E-state index contributed by atoms with van der Waals surface area (Å²) < 4.78 is 5.64. The van der Waals surface area contributed by atoms with E-state index in [1.807, 2.05) is 24.5 Å². The predicted molar refractivity (Wildman–Crippen MR) is 107 cm³/mol. The standard InChI is InChI=1S/C23H32N2O/c1-3-15-26-22-12-10-20(11-13-22)21-16-24-23(25-17-21)14-9-19-7-5-18(4-2)6-8-19/h10-13,16-19H,3-9,14-15H2,1-2H3/t18-,19-. The highest BCUT2D eigenvalue weighted by atomic mass is 16.5. The van der Waals surface area contributed by atoms with Gasteiger partial charge in [0.2, 0.25) is 0 Å². The number of rotatable bonds is 8. The number of nitrogens with zero attached hydrogens (tertiary/aromatic N) is 2. The molecule has 140 valence electrons. The molecule has 0 N–H and O–H groups in total. The predicted octanol–water partition coefficient (Wildman–Crippen LogP) is 6.08. The van der Waals surface area contributed by atoms with E-state index in [2.05, 4.69) is 35.9 Å². The van der Waals surface area contributed by atoms with Crippen molar-refractivity contribution < 1.29 is 4.74 Å². The summed E-state index contributed by atoms with van der Waals surface area (Å²) >= 11 is 0. The molecule has 3 heteroatoms. The van der Waals surface area contributed by atoms with Crippen LogP contribution >= 0.6 is 0 Å². The van der Waals surface area contributed by atoms with Crippen molar-refractivity contribution >= 4 is 0 Å². The molecule has 1 aromatic carbocycles. The molecular formula is C23H32N2O. The number of ether oxygens (including phenoxy) is 1. The molecule has 1 aliphatic carbocycles. The topological polar surface area (TPSA) is 35.0 Å². The summed E-state index contributed by atoms with van der Waals surface area (Å²) in [7, 11) is 0. The highest BCUT2D eigenvalue weighted by Gasteiger charge is 2.19. The van der Waals surface area contributed by atoms with Gasteiger partial charge in [-0.2, -0.15) is 0 Å². The molecule has 0 spiro atoms. The van der Waals surface area contributed by atoms with E-state index in [9.17, 15) is 0 Å². The highest BCUT2D eigenvalue weighted by Crippen LogP contribution is 2.32. The van der Waals surface area contributed by atoms with E-state index in [0.29, 0.717) is 0 Å². The molecule has 0 atom stereocenters. The fourth-order valence-corrected chi connectivity index (χ4v) is 3.86. The molecule has 0 aliphatic heterocycles. The van der Waals surface area contributed by atoms with Gasteiger partial charge in [-0.25, -0.2) is 9.97 Å². The van der Waals surface area contributed by atoms with Crippen LogP contribution in [0.1, 0.15) is 64.6 Å². The van der Waals surface area contributed by atoms with E-state index in [1.54, 1.807) is 0 Å². The molecule has 0 saturated heterocycles. The molecule has 1 heterocycles. The van der Waals surface area contributed by atoms with Crippen LogP contribution in [0.15, 0.2) is 36.7 Å². The average Bonchev–Trinajstić information content (AvgIpc) is 2.72. The molecule has 0 amide bonds. The van der Waals surface area contributed by atoms with Crippen molar-refractivity contribution in [2.75, 3.05) is 6.61 Å². The van der Waals surface area contributed by atoms with Crippen molar-refractivity contribution in [2.45, 2.75) is 65.2 Å². The lowest BCUT2D eigenvalue weighted by molar-refractivity contribution is 0.258. The number of hydrogen-bond donors (Lipinski definition) is 0. The summed E-state index contributed by atoms with van der Waals surface area (Å²) in [6.45, 7) is 5.20. The van der Waals surface area contributed by atoms with Gasteiger partial charge in [0.25, 0.3) is 0 Å². The monoisotopic (exact) mass is 352 g/mol. The van der Waals surface area contributed by atoms with Crippen LogP contribution in [0, 0.1) is 11.8 Å². The van der Waals surface area contributed by atoms with Crippen molar-refractivity contribution in [3.63, 3.8) is 0 Å². The molecule has 2 aromatic rings. The van der Waals surface area contributed by atoms with Gasteiger partial charge in [-0.3, -0.25) is 0 Å². The van der Waals surface area contributed by atoms with Crippen LogP contribution in [0.5, 0.6) is 5.75 Å². The Bertz CT molecular complexity index is 643. The lowest BCUT2D eigenvalue weighted by Gasteiger charge is -2.27. The van der Waals surface area contributed by atoms with Crippen molar-refractivity contribution in [2.24, 2.45) is 11.8 Å². The molecule has 26 heavy (non-hydrogen) atoms. The van der Waals surface area contributed by atoms with Gasteiger partial charge in [-0.05, 0) is 42.4 Å². The molecule has 3 nitrogen and oxygen atoms in total. The Morgan fingerprint density at radius 2 is 1.54 bits per heavy atom. The van der Waals surface area contributed by atoms with E-state index in [-0.39, 0.29) is 0 Å².